The lowest BCUT2D eigenvalue weighted by atomic mass is 10.2. The number of hydrogen-bond donors (Lipinski definition) is 2. The van der Waals surface area contributed by atoms with Crippen molar-refractivity contribution in [3.05, 3.63) is 28.2 Å². The van der Waals surface area contributed by atoms with Crippen LogP contribution in [-0.2, 0) is 4.79 Å². The van der Waals surface area contributed by atoms with Gasteiger partial charge in [-0.05, 0) is 37.7 Å². The minimum atomic E-state index is -0.0370. The molecule has 0 radical (unpaired) electrons. The van der Waals surface area contributed by atoms with E-state index in [1.165, 1.54) is 0 Å². The van der Waals surface area contributed by atoms with E-state index in [9.17, 15) is 4.79 Å². The van der Waals surface area contributed by atoms with Gasteiger partial charge in [0.1, 0.15) is 0 Å². The molecule has 0 saturated carbocycles. The van der Waals surface area contributed by atoms with E-state index in [1.807, 2.05) is 25.1 Å². The molecule has 4 heteroatoms. The number of benzene rings is 1. The van der Waals surface area contributed by atoms with Gasteiger partial charge in [0.2, 0.25) is 5.91 Å². The van der Waals surface area contributed by atoms with Crippen LogP contribution in [0.15, 0.2) is 22.7 Å². The molecule has 1 amide bonds. The van der Waals surface area contributed by atoms with Crippen molar-refractivity contribution >= 4 is 27.5 Å². The molecule has 76 valence electrons. The Hall–Kier alpha value is -0.870. The number of aryl methyl sites for hydroxylation is 1. The van der Waals surface area contributed by atoms with Gasteiger partial charge in [0.15, 0.2) is 0 Å². The molecule has 0 fully saturated rings. The van der Waals surface area contributed by atoms with Gasteiger partial charge >= 0.3 is 0 Å². The lowest BCUT2D eigenvalue weighted by molar-refractivity contribution is -0.115. The summed E-state index contributed by atoms with van der Waals surface area (Å²) in [6.45, 7) is 2.31. The number of nitrogens with one attached hydrogen (secondary N) is 2. The third-order valence-electron chi connectivity index (χ3n) is 1.66. The summed E-state index contributed by atoms with van der Waals surface area (Å²) in [6.07, 6.45) is 0. The van der Waals surface area contributed by atoms with Gasteiger partial charge in [-0.2, -0.15) is 0 Å². The summed E-state index contributed by atoms with van der Waals surface area (Å²) in [5.41, 5.74) is 1.93. The zero-order chi connectivity index (χ0) is 10.6. The van der Waals surface area contributed by atoms with Crippen LogP contribution >= 0.6 is 15.9 Å². The Balaban J connectivity index is 2.71. The standard InChI is InChI=1S/C10H13BrN2O/c1-7-3-8(11)5-9(4-7)13-10(14)6-12-2/h3-5,12H,6H2,1-2H3,(H,13,14). The molecule has 14 heavy (non-hydrogen) atoms. The number of carbonyl (C=O) groups excluding carboxylic acids is 1. The smallest absolute Gasteiger partial charge is 0.238 e. The van der Waals surface area contributed by atoms with Gasteiger partial charge in [0.05, 0.1) is 6.54 Å². The fourth-order valence-electron chi connectivity index (χ4n) is 1.17. The highest BCUT2D eigenvalue weighted by molar-refractivity contribution is 9.10. The van der Waals surface area contributed by atoms with Crippen LogP contribution in [0.1, 0.15) is 5.56 Å². The van der Waals surface area contributed by atoms with Crippen LogP contribution in [0.25, 0.3) is 0 Å². The van der Waals surface area contributed by atoms with Crippen molar-refractivity contribution < 1.29 is 4.79 Å². The van der Waals surface area contributed by atoms with Crippen LogP contribution in [0.3, 0.4) is 0 Å². The van der Waals surface area contributed by atoms with Gasteiger partial charge in [-0.3, -0.25) is 4.79 Å². The summed E-state index contributed by atoms with van der Waals surface area (Å²) in [7, 11) is 1.74. The number of anilines is 1. The molecular weight excluding hydrogens is 244 g/mol. The number of hydrogen-bond acceptors (Lipinski definition) is 2. The minimum Gasteiger partial charge on any atom is -0.325 e. The van der Waals surface area contributed by atoms with Crippen molar-refractivity contribution in [3.8, 4) is 0 Å². The Bertz CT molecular complexity index is 319. The average Bonchev–Trinajstić information content (AvgIpc) is 2.01. The largest absolute Gasteiger partial charge is 0.325 e. The topological polar surface area (TPSA) is 41.1 Å². The molecule has 0 bridgehead atoms. The number of likely N-dealkylation sites (N-methyl/N-ethyl adjacent to an activating group) is 1. The van der Waals surface area contributed by atoms with Crippen LogP contribution in [-0.4, -0.2) is 19.5 Å². The third-order valence-corrected chi connectivity index (χ3v) is 2.12. The molecule has 0 atom stereocenters. The van der Waals surface area contributed by atoms with Crippen molar-refractivity contribution in [2.45, 2.75) is 6.92 Å². The maximum Gasteiger partial charge on any atom is 0.238 e. The van der Waals surface area contributed by atoms with E-state index in [2.05, 4.69) is 26.6 Å². The lowest BCUT2D eigenvalue weighted by Gasteiger charge is -2.06. The zero-order valence-electron chi connectivity index (χ0n) is 8.23. The van der Waals surface area contributed by atoms with Gasteiger partial charge in [-0.15, -0.1) is 0 Å². The fraction of sp³-hybridized carbons (Fsp3) is 0.300. The van der Waals surface area contributed by atoms with Crippen molar-refractivity contribution in [1.82, 2.24) is 5.32 Å². The number of carbonyl (C=O) groups is 1. The van der Waals surface area contributed by atoms with Gasteiger partial charge in [0, 0.05) is 10.2 Å². The van der Waals surface area contributed by atoms with Crippen LogP contribution < -0.4 is 10.6 Å². The van der Waals surface area contributed by atoms with E-state index in [-0.39, 0.29) is 5.91 Å². The van der Waals surface area contributed by atoms with Crippen LogP contribution in [0.4, 0.5) is 5.69 Å². The van der Waals surface area contributed by atoms with Crippen LogP contribution in [0.2, 0.25) is 0 Å². The maximum absolute atomic E-state index is 11.2. The van der Waals surface area contributed by atoms with E-state index in [0.717, 1.165) is 15.7 Å². The lowest BCUT2D eigenvalue weighted by Crippen LogP contribution is -2.25. The predicted octanol–water partition coefficient (Wildman–Crippen LogP) is 1.92. The summed E-state index contributed by atoms with van der Waals surface area (Å²) in [5.74, 6) is -0.0370. The highest BCUT2D eigenvalue weighted by Gasteiger charge is 2.01. The number of amides is 1. The summed E-state index contributed by atoms with van der Waals surface area (Å²) in [4.78, 5) is 11.2. The van der Waals surface area contributed by atoms with Gasteiger partial charge in [0.25, 0.3) is 0 Å². The predicted molar refractivity (Wildman–Crippen MR) is 61.4 cm³/mol. The first kappa shape index (κ1) is 11.2. The Morgan fingerprint density at radius 1 is 1.43 bits per heavy atom. The first-order valence-corrected chi connectivity index (χ1v) is 5.13. The average molecular weight is 257 g/mol. The summed E-state index contributed by atoms with van der Waals surface area (Å²) in [6, 6.07) is 5.80. The summed E-state index contributed by atoms with van der Waals surface area (Å²) >= 11 is 3.37. The van der Waals surface area contributed by atoms with Crippen molar-refractivity contribution in [2.75, 3.05) is 18.9 Å². The van der Waals surface area contributed by atoms with E-state index < -0.39 is 0 Å². The molecule has 0 aromatic heterocycles. The molecule has 0 spiro atoms. The van der Waals surface area contributed by atoms with E-state index in [4.69, 9.17) is 0 Å². The van der Waals surface area contributed by atoms with Crippen LogP contribution in [0.5, 0.6) is 0 Å². The van der Waals surface area contributed by atoms with E-state index >= 15 is 0 Å². The molecular formula is C10H13BrN2O. The molecule has 1 rings (SSSR count). The number of rotatable bonds is 3. The highest BCUT2D eigenvalue weighted by atomic mass is 79.9. The van der Waals surface area contributed by atoms with E-state index in [0.29, 0.717) is 6.54 Å². The molecule has 2 N–H and O–H groups in total. The quantitative estimate of drug-likeness (QED) is 0.868. The molecule has 0 aliphatic carbocycles. The molecule has 1 aromatic carbocycles. The van der Waals surface area contributed by atoms with Crippen molar-refractivity contribution in [3.63, 3.8) is 0 Å². The zero-order valence-corrected chi connectivity index (χ0v) is 9.81. The van der Waals surface area contributed by atoms with Gasteiger partial charge in [-0.25, -0.2) is 0 Å². The first-order valence-electron chi connectivity index (χ1n) is 4.33. The Labute approximate surface area is 92.0 Å². The second-order valence-electron chi connectivity index (χ2n) is 3.10. The molecule has 0 saturated heterocycles. The fourth-order valence-corrected chi connectivity index (χ4v) is 1.78. The van der Waals surface area contributed by atoms with Gasteiger partial charge < -0.3 is 10.6 Å². The monoisotopic (exact) mass is 256 g/mol. The Morgan fingerprint density at radius 3 is 2.71 bits per heavy atom. The third kappa shape index (κ3) is 3.47. The first-order chi connectivity index (χ1) is 6.61. The SMILES string of the molecule is CNCC(=O)Nc1cc(C)cc(Br)c1. The normalized spacial score (nSPS) is 9.93. The number of halogens is 1. The molecule has 1 aromatic rings. The van der Waals surface area contributed by atoms with Crippen molar-refractivity contribution in [2.24, 2.45) is 0 Å². The Kier molecular flexibility index (Phi) is 4.10. The molecule has 0 unspecified atom stereocenters. The molecule has 3 nitrogen and oxygen atoms in total. The minimum absolute atomic E-state index is 0.0370. The molecule has 0 aliphatic heterocycles. The van der Waals surface area contributed by atoms with E-state index in [1.54, 1.807) is 7.05 Å². The summed E-state index contributed by atoms with van der Waals surface area (Å²) < 4.78 is 0.970. The van der Waals surface area contributed by atoms with Crippen molar-refractivity contribution in [1.29, 1.82) is 0 Å². The van der Waals surface area contributed by atoms with Crippen LogP contribution in [0, 0.1) is 6.92 Å². The second kappa shape index (κ2) is 5.12. The summed E-state index contributed by atoms with van der Waals surface area (Å²) in [5, 5.41) is 5.59. The Morgan fingerprint density at radius 2 is 2.14 bits per heavy atom. The highest BCUT2D eigenvalue weighted by Crippen LogP contribution is 2.18. The molecule has 0 heterocycles. The maximum atomic E-state index is 11.2. The second-order valence-corrected chi connectivity index (χ2v) is 4.01. The van der Waals surface area contributed by atoms with Gasteiger partial charge in [-0.1, -0.05) is 15.9 Å². The molecule has 0 aliphatic rings.